The Bertz CT molecular complexity index is 11.6. The van der Waals surface area contributed by atoms with Crippen LogP contribution in [0.1, 0.15) is 1.43 Å². The maximum Gasteiger partial charge on any atom is 1.00 e. The fraction of sp³-hybridized carbons (Fsp3) is 0. The molecule has 0 saturated carbocycles. The first-order valence-corrected chi connectivity index (χ1v) is 0. The zero-order chi connectivity index (χ0) is 0. The van der Waals surface area contributed by atoms with Crippen LogP contribution in [0.15, 0.2) is 0 Å². The summed E-state index contributed by atoms with van der Waals surface area (Å²) in [5.41, 5.74) is 0. The molecule has 4 heavy (non-hydrogen) atoms. The summed E-state index contributed by atoms with van der Waals surface area (Å²) >= 11 is 0. The van der Waals surface area contributed by atoms with Gasteiger partial charge in [0.25, 0.3) is 0 Å². The zero-order valence-electron chi connectivity index (χ0n) is 2.45. The molecule has 0 spiro atoms. The second-order valence-electron chi connectivity index (χ2n) is 0. The molecule has 0 heterocycles. The molecule has 0 fully saturated rings. The summed E-state index contributed by atoms with van der Waals surface area (Å²) in [6, 6.07) is 0. The minimum Gasteiger partial charge on any atom is 0 e. The van der Waals surface area contributed by atoms with E-state index < -0.39 is 0 Å². The average molecular weight is 322 g/mol. The van der Waals surface area contributed by atoms with Crippen molar-refractivity contribution in [3.63, 3.8) is 0 Å². The van der Waals surface area contributed by atoms with Gasteiger partial charge in [-0.15, -0.1) is 0 Å². The van der Waals surface area contributed by atoms with Crippen molar-refractivity contribution in [3.05, 3.63) is 0 Å². The first kappa shape index (κ1) is 28.6. The first-order valence-electron chi connectivity index (χ1n) is 0. The maximum absolute atomic E-state index is 0. The van der Waals surface area contributed by atoms with Gasteiger partial charge >= 0.3 is 1.43 Å². The van der Waals surface area contributed by atoms with Crippen molar-refractivity contribution in [2.24, 2.45) is 0 Å². The predicted octanol–water partition coefficient (Wildman–Crippen LogP) is 0.105. The van der Waals surface area contributed by atoms with Crippen LogP contribution in [0.25, 0.3) is 0 Å². The number of hydrogen-bond acceptors (Lipinski definition) is 0. The zero-order valence-corrected chi connectivity index (χ0v) is 7.56. The van der Waals surface area contributed by atoms with E-state index in [-0.39, 0.29) is 93.5 Å². The molecule has 0 aromatic carbocycles. The Labute approximate surface area is 91.7 Å². The smallest absolute Gasteiger partial charge is 0 e. The van der Waals surface area contributed by atoms with Crippen LogP contribution in [0.5, 0.6) is 0 Å². The molecule has 0 aromatic rings. The van der Waals surface area contributed by atoms with Crippen LogP contribution in [0, 0.1) is 41.7 Å². The van der Waals surface area contributed by atoms with Gasteiger partial charge in [0.2, 0.25) is 0 Å². The van der Waals surface area contributed by atoms with Gasteiger partial charge in [0.15, 0.2) is 0 Å². The van der Waals surface area contributed by atoms with Gasteiger partial charge in [-0.2, -0.15) is 0 Å². The summed E-state index contributed by atoms with van der Waals surface area (Å²) in [5, 5.41) is 0. The van der Waals surface area contributed by atoms with Crippen LogP contribution in [-0.2, 0) is 50.3 Å². The molecule has 0 unspecified atom stereocenters. The quantitative estimate of drug-likeness (QED) is 0.555. The van der Waals surface area contributed by atoms with E-state index in [4.69, 9.17) is 0 Å². The Morgan fingerprint density at radius 3 is 1.25 bits per heavy atom. The molecule has 0 aromatic heterocycles. The molecule has 0 aliphatic heterocycles. The third-order valence-corrected chi connectivity index (χ3v) is 0. The fourth-order valence-corrected chi connectivity index (χ4v) is 0. The Kier molecular flexibility index (Phi) is 120. The Morgan fingerprint density at radius 2 is 1.25 bits per heavy atom. The molecular weight excluding hydrogens is 321 g/mol. The first-order chi connectivity index (χ1) is 0. The van der Waals surface area contributed by atoms with Crippen LogP contribution < -0.4 is 0 Å². The van der Waals surface area contributed by atoms with Gasteiger partial charge < -0.3 is 0 Å². The Morgan fingerprint density at radius 1 is 1.25 bits per heavy atom. The van der Waals surface area contributed by atoms with E-state index in [9.17, 15) is 0 Å². The van der Waals surface area contributed by atoms with Crippen molar-refractivity contribution in [1.29, 1.82) is 0 Å². The molecule has 0 N–H and O–H groups in total. The largest absolute Gasteiger partial charge is 1.00 e. The Hall–Kier alpha value is 2.90. The minimum atomic E-state index is 0. The van der Waals surface area contributed by atoms with Crippen molar-refractivity contribution >= 4 is 0 Å². The monoisotopic (exact) mass is 321 g/mol. The van der Waals surface area contributed by atoms with Gasteiger partial charge in [0.1, 0.15) is 0 Å². The van der Waals surface area contributed by atoms with Crippen molar-refractivity contribution in [3.8, 4) is 0 Å². The third kappa shape index (κ3) is 8.86. The van der Waals surface area contributed by atoms with E-state index >= 15 is 0 Å². The molecule has 0 saturated heterocycles. The summed E-state index contributed by atoms with van der Waals surface area (Å²) in [6.07, 6.45) is 0. The molecule has 0 bridgehead atoms. The number of hydrogen-bond donors (Lipinski definition) is 0. The van der Waals surface area contributed by atoms with E-state index in [1.807, 2.05) is 0 Å². The van der Waals surface area contributed by atoms with Crippen molar-refractivity contribution in [1.82, 2.24) is 0 Å². The summed E-state index contributed by atoms with van der Waals surface area (Å²) in [6.45, 7) is 0. The van der Waals surface area contributed by atoms with Gasteiger partial charge in [0, 0.05) is 92.1 Å². The second kappa shape index (κ2) is 16.9. The molecule has 34 valence electrons. The van der Waals surface area contributed by atoms with Crippen molar-refractivity contribution in [2.45, 2.75) is 0 Å². The molecule has 0 aliphatic rings. The van der Waals surface area contributed by atoms with E-state index in [1.165, 1.54) is 0 Å². The molecule has 0 atom stereocenters. The molecule has 0 aliphatic carbocycles. The second-order valence-corrected chi connectivity index (χ2v) is 0. The molecule has 4 heteroatoms. The van der Waals surface area contributed by atoms with Crippen molar-refractivity contribution < 1.29 is 93.5 Å². The molecule has 0 nitrogen and oxygen atoms in total. The SMILES string of the molecule is [Ce].[Co].[Cu].[H+].[Ni]. The molecule has 0 rings (SSSR count). The minimum absolute atomic E-state index is 0. The van der Waals surface area contributed by atoms with Gasteiger partial charge in [-0.05, 0) is 0 Å². The third-order valence-electron chi connectivity index (χ3n) is 0. The molecule has 0 amide bonds. The van der Waals surface area contributed by atoms with Gasteiger partial charge in [0.05, 0.1) is 0 Å². The Balaban J connectivity index is 0. The van der Waals surface area contributed by atoms with Crippen LogP contribution in [0.3, 0.4) is 0 Å². The van der Waals surface area contributed by atoms with E-state index in [0.29, 0.717) is 0 Å². The molecular formula is HCeCoCuNi+. The van der Waals surface area contributed by atoms with Gasteiger partial charge in [-0.25, -0.2) is 0 Å². The van der Waals surface area contributed by atoms with Gasteiger partial charge in [-0.1, -0.05) is 0 Å². The summed E-state index contributed by atoms with van der Waals surface area (Å²) in [4.78, 5) is 0. The standard InChI is InChI=1S/Ce.Co.Cu.Ni/p+1. The van der Waals surface area contributed by atoms with E-state index in [0.717, 1.165) is 0 Å². The predicted molar refractivity (Wildman–Crippen MR) is 1.11 cm³/mol. The molecule has 2 radical (unpaired) electrons. The number of rotatable bonds is 0. The fourth-order valence-electron chi connectivity index (χ4n) is 0. The van der Waals surface area contributed by atoms with E-state index in [1.54, 1.807) is 0 Å². The van der Waals surface area contributed by atoms with Crippen LogP contribution in [-0.4, -0.2) is 0 Å². The van der Waals surface area contributed by atoms with Crippen molar-refractivity contribution in [2.75, 3.05) is 0 Å². The van der Waals surface area contributed by atoms with Crippen LogP contribution >= 0.6 is 0 Å². The average Bonchev–Trinajstić information content (AvgIpc) is 0. The van der Waals surface area contributed by atoms with Crippen LogP contribution in [0.2, 0.25) is 0 Å². The summed E-state index contributed by atoms with van der Waals surface area (Å²) in [7, 11) is 0. The van der Waals surface area contributed by atoms with Crippen LogP contribution in [0.4, 0.5) is 0 Å². The normalized spacial score (nSPS) is 0. The summed E-state index contributed by atoms with van der Waals surface area (Å²) in [5.74, 6) is 0. The van der Waals surface area contributed by atoms with Gasteiger partial charge in [-0.3, -0.25) is 0 Å². The maximum atomic E-state index is 0. The van der Waals surface area contributed by atoms with E-state index in [2.05, 4.69) is 0 Å². The topological polar surface area (TPSA) is 0 Å². The summed E-state index contributed by atoms with van der Waals surface area (Å²) < 4.78 is 0.